The summed E-state index contributed by atoms with van der Waals surface area (Å²) in [7, 11) is 1.87. The van der Waals surface area contributed by atoms with Crippen LogP contribution in [0.5, 0.6) is 0 Å². The molecule has 1 amide bonds. The maximum atomic E-state index is 11.8. The van der Waals surface area contributed by atoms with Gasteiger partial charge in [-0.3, -0.25) is 9.69 Å². The Morgan fingerprint density at radius 2 is 2.18 bits per heavy atom. The number of likely N-dealkylation sites (N-methyl/N-ethyl adjacent to an activating group) is 1. The number of nitrogens with one attached hydrogen (secondary N) is 1. The van der Waals surface area contributed by atoms with Gasteiger partial charge in [-0.25, -0.2) is 0 Å². The van der Waals surface area contributed by atoms with Crippen molar-refractivity contribution in [3.63, 3.8) is 0 Å². The molecule has 0 aliphatic carbocycles. The molecule has 2 unspecified atom stereocenters. The van der Waals surface area contributed by atoms with E-state index in [9.17, 15) is 4.79 Å². The van der Waals surface area contributed by atoms with Gasteiger partial charge in [0.05, 0.1) is 6.54 Å². The molecule has 0 saturated carbocycles. The van der Waals surface area contributed by atoms with Gasteiger partial charge in [0.15, 0.2) is 0 Å². The van der Waals surface area contributed by atoms with Crippen LogP contribution in [0.25, 0.3) is 0 Å². The second-order valence-corrected chi connectivity index (χ2v) is 5.07. The molecular formula is C13H27N3O. The molecule has 17 heavy (non-hydrogen) atoms. The number of hydrogen-bond donors (Lipinski definition) is 1. The van der Waals surface area contributed by atoms with Gasteiger partial charge in [-0.05, 0) is 25.8 Å². The summed E-state index contributed by atoms with van der Waals surface area (Å²) in [6, 6.07) is 0.621. The number of piperidine rings is 1. The predicted molar refractivity (Wildman–Crippen MR) is 71.0 cm³/mol. The second kappa shape index (κ2) is 6.97. The van der Waals surface area contributed by atoms with Crippen LogP contribution in [0, 0.1) is 5.92 Å². The van der Waals surface area contributed by atoms with E-state index in [2.05, 4.69) is 24.1 Å². The van der Waals surface area contributed by atoms with E-state index in [1.54, 1.807) is 4.90 Å². The number of rotatable bonds is 5. The lowest BCUT2D eigenvalue weighted by atomic mass is 9.94. The maximum absolute atomic E-state index is 11.8. The Balaban J connectivity index is 2.37. The Morgan fingerprint density at radius 1 is 1.47 bits per heavy atom. The minimum Gasteiger partial charge on any atom is -0.345 e. The first-order chi connectivity index (χ1) is 8.08. The first-order valence-corrected chi connectivity index (χ1v) is 6.78. The molecule has 0 aromatic rings. The van der Waals surface area contributed by atoms with Gasteiger partial charge >= 0.3 is 0 Å². The zero-order valence-corrected chi connectivity index (χ0v) is 11.7. The second-order valence-electron chi connectivity index (χ2n) is 5.07. The minimum absolute atomic E-state index is 0.238. The van der Waals surface area contributed by atoms with Crippen LogP contribution < -0.4 is 5.32 Å². The van der Waals surface area contributed by atoms with Gasteiger partial charge in [-0.1, -0.05) is 13.8 Å². The van der Waals surface area contributed by atoms with Crippen LogP contribution in [-0.4, -0.2) is 61.5 Å². The molecule has 4 heteroatoms. The van der Waals surface area contributed by atoms with E-state index in [1.165, 1.54) is 0 Å². The fourth-order valence-electron chi connectivity index (χ4n) is 2.43. The molecule has 2 atom stereocenters. The quantitative estimate of drug-likeness (QED) is 0.773. The zero-order valence-electron chi connectivity index (χ0n) is 11.7. The van der Waals surface area contributed by atoms with Gasteiger partial charge in [-0.15, -0.1) is 0 Å². The molecular weight excluding hydrogens is 214 g/mol. The monoisotopic (exact) mass is 241 g/mol. The average Bonchev–Trinajstić information content (AvgIpc) is 2.31. The molecule has 1 aliphatic heterocycles. The van der Waals surface area contributed by atoms with Crippen LogP contribution in [0.3, 0.4) is 0 Å². The molecule has 0 bridgehead atoms. The van der Waals surface area contributed by atoms with E-state index in [-0.39, 0.29) is 5.91 Å². The van der Waals surface area contributed by atoms with Crippen molar-refractivity contribution in [2.75, 3.05) is 39.8 Å². The van der Waals surface area contributed by atoms with Gasteiger partial charge < -0.3 is 10.2 Å². The number of nitrogens with zero attached hydrogens (tertiary/aromatic N) is 2. The Bertz CT molecular complexity index is 245. The van der Waals surface area contributed by atoms with Crippen LogP contribution in [0.1, 0.15) is 27.2 Å². The SMILES string of the molecule is CCNC1CCN(CC(=O)N(C)CC)CC1C. The van der Waals surface area contributed by atoms with Gasteiger partial charge in [0.1, 0.15) is 0 Å². The number of amides is 1. The molecule has 1 N–H and O–H groups in total. The Kier molecular flexibility index (Phi) is 5.92. The summed E-state index contributed by atoms with van der Waals surface area (Å²) in [4.78, 5) is 15.9. The highest BCUT2D eigenvalue weighted by Crippen LogP contribution is 2.16. The molecule has 1 saturated heterocycles. The van der Waals surface area contributed by atoms with Crippen molar-refractivity contribution >= 4 is 5.91 Å². The summed E-state index contributed by atoms with van der Waals surface area (Å²) in [5, 5.41) is 3.52. The molecule has 4 nitrogen and oxygen atoms in total. The van der Waals surface area contributed by atoms with Crippen LogP contribution >= 0.6 is 0 Å². The lowest BCUT2D eigenvalue weighted by molar-refractivity contribution is -0.131. The van der Waals surface area contributed by atoms with Crippen molar-refractivity contribution in [2.45, 2.75) is 33.2 Å². The molecule has 0 radical (unpaired) electrons. The lowest BCUT2D eigenvalue weighted by Crippen LogP contribution is -2.50. The molecule has 1 fully saturated rings. The summed E-state index contributed by atoms with van der Waals surface area (Å²) < 4.78 is 0. The zero-order chi connectivity index (χ0) is 12.8. The molecule has 100 valence electrons. The number of carbonyl (C=O) groups is 1. The summed E-state index contributed by atoms with van der Waals surface area (Å²) in [6.45, 7) is 10.9. The molecule has 1 heterocycles. The van der Waals surface area contributed by atoms with Crippen LogP contribution in [0.2, 0.25) is 0 Å². The average molecular weight is 241 g/mol. The fourth-order valence-corrected chi connectivity index (χ4v) is 2.43. The molecule has 1 aliphatic rings. The molecule has 0 spiro atoms. The van der Waals surface area contributed by atoms with Crippen molar-refractivity contribution < 1.29 is 4.79 Å². The fraction of sp³-hybridized carbons (Fsp3) is 0.923. The van der Waals surface area contributed by atoms with Crippen molar-refractivity contribution in [2.24, 2.45) is 5.92 Å². The number of hydrogen-bond acceptors (Lipinski definition) is 3. The maximum Gasteiger partial charge on any atom is 0.236 e. The van der Waals surface area contributed by atoms with E-state index in [1.807, 2.05) is 14.0 Å². The highest BCUT2D eigenvalue weighted by molar-refractivity contribution is 5.77. The minimum atomic E-state index is 0.238. The summed E-state index contributed by atoms with van der Waals surface area (Å²) in [5.74, 6) is 0.866. The largest absolute Gasteiger partial charge is 0.345 e. The highest BCUT2D eigenvalue weighted by atomic mass is 16.2. The standard InChI is InChI=1S/C13H27N3O/c1-5-14-12-7-8-16(9-11(12)3)10-13(17)15(4)6-2/h11-12,14H,5-10H2,1-4H3. The van der Waals surface area contributed by atoms with E-state index >= 15 is 0 Å². The first kappa shape index (κ1) is 14.5. The number of carbonyl (C=O) groups excluding carboxylic acids is 1. The van der Waals surface area contributed by atoms with Gasteiger partial charge in [0, 0.05) is 32.7 Å². The van der Waals surface area contributed by atoms with Crippen molar-refractivity contribution in [1.29, 1.82) is 0 Å². The predicted octanol–water partition coefficient (Wildman–Crippen LogP) is 0.785. The van der Waals surface area contributed by atoms with Crippen molar-refractivity contribution in [3.05, 3.63) is 0 Å². The third-order valence-electron chi connectivity index (χ3n) is 3.71. The van der Waals surface area contributed by atoms with Gasteiger partial charge in [-0.2, -0.15) is 0 Å². The Hall–Kier alpha value is -0.610. The van der Waals surface area contributed by atoms with Crippen LogP contribution in [0.4, 0.5) is 0 Å². The van der Waals surface area contributed by atoms with Crippen molar-refractivity contribution in [3.8, 4) is 0 Å². The lowest BCUT2D eigenvalue weighted by Gasteiger charge is -2.37. The molecule has 1 rings (SSSR count). The van der Waals surface area contributed by atoms with Gasteiger partial charge in [0.25, 0.3) is 0 Å². The van der Waals surface area contributed by atoms with E-state index < -0.39 is 0 Å². The van der Waals surface area contributed by atoms with Crippen LogP contribution in [-0.2, 0) is 4.79 Å². The third kappa shape index (κ3) is 4.28. The Morgan fingerprint density at radius 3 is 2.71 bits per heavy atom. The van der Waals surface area contributed by atoms with Crippen LogP contribution in [0.15, 0.2) is 0 Å². The molecule has 0 aromatic heterocycles. The van der Waals surface area contributed by atoms with E-state index in [4.69, 9.17) is 0 Å². The van der Waals surface area contributed by atoms with E-state index in [0.717, 1.165) is 32.6 Å². The Labute approximate surface area is 105 Å². The topological polar surface area (TPSA) is 35.6 Å². The smallest absolute Gasteiger partial charge is 0.236 e. The first-order valence-electron chi connectivity index (χ1n) is 6.78. The van der Waals surface area contributed by atoms with Gasteiger partial charge in [0.2, 0.25) is 5.91 Å². The third-order valence-corrected chi connectivity index (χ3v) is 3.71. The summed E-state index contributed by atoms with van der Waals surface area (Å²) in [5.41, 5.74) is 0. The van der Waals surface area contributed by atoms with E-state index in [0.29, 0.717) is 18.5 Å². The normalized spacial score (nSPS) is 25.9. The van der Waals surface area contributed by atoms with Crippen molar-refractivity contribution in [1.82, 2.24) is 15.1 Å². The summed E-state index contributed by atoms with van der Waals surface area (Å²) in [6.07, 6.45) is 1.15. The highest BCUT2D eigenvalue weighted by Gasteiger charge is 2.26. The number of likely N-dealkylation sites (tertiary alicyclic amines) is 1. The summed E-state index contributed by atoms with van der Waals surface area (Å²) >= 11 is 0. The molecule has 0 aromatic carbocycles.